The molecule has 0 radical (unpaired) electrons. The van der Waals surface area contributed by atoms with Crippen molar-refractivity contribution in [3.63, 3.8) is 0 Å². The summed E-state index contributed by atoms with van der Waals surface area (Å²) in [5.74, 6) is 3.07. The standard InChI is InChI=1S/C23H29NO7/c1-26-17-9-13(10-18(27-2)22(17)30-5)15-7-8-16(21(15)24-25)14-11-19(28-3)23(31-6)20(12-14)29-4/h9-12,15-16,25H,7-8H2,1-6H3. The molecule has 1 N–H and O–H groups in total. The summed E-state index contributed by atoms with van der Waals surface area (Å²) in [5.41, 5.74) is 2.51. The average Bonchev–Trinajstić information content (AvgIpc) is 3.25. The molecule has 0 saturated heterocycles. The lowest BCUT2D eigenvalue weighted by Gasteiger charge is -2.20. The summed E-state index contributed by atoms with van der Waals surface area (Å²) in [6.45, 7) is 0. The number of hydrogen-bond acceptors (Lipinski definition) is 8. The first-order chi connectivity index (χ1) is 15.1. The van der Waals surface area contributed by atoms with E-state index < -0.39 is 0 Å². The number of hydrogen-bond donors (Lipinski definition) is 1. The Morgan fingerprint density at radius 3 is 1.16 bits per heavy atom. The molecule has 1 fully saturated rings. The molecule has 2 aromatic rings. The van der Waals surface area contributed by atoms with Crippen molar-refractivity contribution in [1.29, 1.82) is 0 Å². The molecule has 1 aliphatic rings. The molecule has 8 nitrogen and oxygen atoms in total. The van der Waals surface area contributed by atoms with Crippen LogP contribution in [0.15, 0.2) is 29.4 Å². The van der Waals surface area contributed by atoms with E-state index in [1.807, 2.05) is 24.3 Å². The molecule has 3 rings (SSSR count). The van der Waals surface area contributed by atoms with Crippen LogP contribution in [0.1, 0.15) is 35.8 Å². The monoisotopic (exact) mass is 431 g/mol. The van der Waals surface area contributed by atoms with Gasteiger partial charge in [0.05, 0.1) is 48.4 Å². The molecule has 1 saturated carbocycles. The predicted molar refractivity (Wildman–Crippen MR) is 116 cm³/mol. The first-order valence-corrected chi connectivity index (χ1v) is 9.88. The fourth-order valence-corrected chi connectivity index (χ4v) is 4.29. The second-order valence-electron chi connectivity index (χ2n) is 7.12. The summed E-state index contributed by atoms with van der Waals surface area (Å²) in [6.07, 6.45) is 1.58. The van der Waals surface area contributed by atoms with Gasteiger partial charge in [-0.2, -0.15) is 0 Å². The molecule has 0 heterocycles. The summed E-state index contributed by atoms with van der Waals surface area (Å²) in [7, 11) is 9.45. The minimum absolute atomic E-state index is 0.109. The molecule has 2 aromatic carbocycles. The van der Waals surface area contributed by atoms with Gasteiger partial charge < -0.3 is 33.6 Å². The van der Waals surface area contributed by atoms with Gasteiger partial charge in [-0.3, -0.25) is 0 Å². The fraction of sp³-hybridized carbons (Fsp3) is 0.435. The van der Waals surface area contributed by atoms with Gasteiger partial charge >= 0.3 is 0 Å². The van der Waals surface area contributed by atoms with Crippen LogP contribution in [-0.4, -0.2) is 53.6 Å². The van der Waals surface area contributed by atoms with Crippen molar-refractivity contribution in [2.24, 2.45) is 5.16 Å². The highest BCUT2D eigenvalue weighted by atomic mass is 16.5. The quantitative estimate of drug-likeness (QED) is 0.494. The summed E-state index contributed by atoms with van der Waals surface area (Å²) in [4.78, 5) is 0. The Bertz CT molecular complexity index is 833. The summed E-state index contributed by atoms with van der Waals surface area (Å²) >= 11 is 0. The van der Waals surface area contributed by atoms with E-state index in [0.717, 1.165) is 24.0 Å². The lowest BCUT2D eigenvalue weighted by Crippen LogP contribution is -2.13. The molecule has 0 aromatic heterocycles. The van der Waals surface area contributed by atoms with Crippen molar-refractivity contribution in [1.82, 2.24) is 0 Å². The molecule has 8 heteroatoms. The zero-order chi connectivity index (χ0) is 22.5. The second kappa shape index (κ2) is 9.68. The summed E-state index contributed by atoms with van der Waals surface area (Å²) in [6, 6.07) is 7.59. The number of oxime groups is 1. The molecule has 0 spiro atoms. The van der Waals surface area contributed by atoms with Crippen LogP contribution in [0.3, 0.4) is 0 Å². The molecule has 2 unspecified atom stereocenters. The van der Waals surface area contributed by atoms with Crippen LogP contribution in [-0.2, 0) is 0 Å². The molecular weight excluding hydrogens is 402 g/mol. The van der Waals surface area contributed by atoms with E-state index in [0.29, 0.717) is 40.2 Å². The Hall–Kier alpha value is -3.29. The van der Waals surface area contributed by atoms with Crippen molar-refractivity contribution in [2.45, 2.75) is 24.7 Å². The van der Waals surface area contributed by atoms with Gasteiger partial charge in [0.2, 0.25) is 11.5 Å². The van der Waals surface area contributed by atoms with Crippen molar-refractivity contribution in [3.8, 4) is 34.5 Å². The SMILES string of the molecule is COc1cc(C2CCC(c3cc(OC)c(OC)c(OC)c3)C2=NO)cc(OC)c1OC. The maximum absolute atomic E-state index is 9.95. The molecule has 0 aliphatic heterocycles. The van der Waals surface area contributed by atoms with E-state index in [9.17, 15) is 5.21 Å². The van der Waals surface area contributed by atoms with E-state index >= 15 is 0 Å². The van der Waals surface area contributed by atoms with Gasteiger partial charge in [-0.1, -0.05) is 5.16 Å². The molecule has 1 aliphatic carbocycles. The molecule has 0 amide bonds. The van der Waals surface area contributed by atoms with Gasteiger partial charge in [0.1, 0.15) is 0 Å². The Morgan fingerprint density at radius 1 is 0.613 bits per heavy atom. The summed E-state index contributed by atoms with van der Waals surface area (Å²) in [5, 5.41) is 13.7. The highest BCUT2D eigenvalue weighted by molar-refractivity contribution is 5.98. The Morgan fingerprint density at radius 2 is 0.935 bits per heavy atom. The van der Waals surface area contributed by atoms with Crippen LogP contribution in [0.2, 0.25) is 0 Å². The largest absolute Gasteiger partial charge is 0.493 e. The third kappa shape index (κ3) is 4.02. The number of rotatable bonds is 8. The van der Waals surface area contributed by atoms with Crippen LogP contribution < -0.4 is 28.4 Å². The molecule has 0 bridgehead atoms. The Labute approximate surface area is 182 Å². The minimum Gasteiger partial charge on any atom is -0.493 e. The molecule has 168 valence electrons. The smallest absolute Gasteiger partial charge is 0.203 e. The van der Waals surface area contributed by atoms with Gasteiger partial charge in [0, 0.05) is 11.8 Å². The third-order valence-corrected chi connectivity index (χ3v) is 5.75. The molecule has 2 atom stereocenters. The van der Waals surface area contributed by atoms with Crippen LogP contribution in [0.5, 0.6) is 34.5 Å². The lowest BCUT2D eigenvalue weighted by atomic mass is 9.90. The predicted octanol–water partition coefficient (Wildman–Crippen LogP) is 4.23. The van der Waals surface area contributed by atoms with E-state index in [-0.39, 0.29) is 11.8 Å². The van der Waals surface area contributed by atoms with Crippen molar-refractivity contribution >= 4 is 5.71 Å². The van der Waals surface area contributed by atoms with Crippen LogP contribution in [0.4, 0.5) is 0 Å². The van der Waals surface area contributed by atoms with Crippen LogP contribution in [0.25, 0.3) is 0 Å². The zero-order valence-corrected chi connectivity index (χ0v) is 18.7. The third-order valence-electron chi connectivity index (χ3n) is 5.75. The van der Waals surface area contributed by atoms with E-state index in [4.69, 9.17) is 28.4 Å². The van der Waals surface area contributed by atoms with Crippen LogP contribution >= 0.6 is 0 Å². The van der Waals surface area contributed by atoms with E-state index in [2.05, 4.69) is 5.16 Å². The minimum atomic E-state index is -0.109. The van der Waals surface area contributed by atoms with Crippen molar-refractivity contribution < 1.29 is 33.6 Å². The fourth-order valence-electron chi connectivity index (χ4n) is 4.29. The highest BCUT2D eigenvalue weighted by Gasteiger charge is 2.36. The number of ether oxygens (including phenoxy) is 6. The topological polar surface area (TPSA) is 88.0 Å². The average molecular weight is 431 g/mol. The Balaban J connectivity index is 2.03. The number of nitrogens with zero attached hydrogens (tertiary/aromatic N) is 1. The number of benzene rings is 2. The van der Waals surface area contributed by atoms with Gasteiger partial charge in [0.25, 0.3) is 0 Å². The van der Waals surface area contributed by atoms with Crippen molar-refractivity contribution in [3.05, 3.63) is 35.4 Å². The first-order valence-electron chi connectivity index (χ1n) is 9.88. The molecular formula is C23H29NO7. The number of methoxy groups -OCH3 is 6. The van der Waals surface area contributed by atoms with E-state index in [1.54, 1.807) is 42.7 Å². The van der Waals surface area contributed by atoms with Gasteiger partial charge in [-0.25, -0.2) is 0 Å². The van der Waals surface area contributed by atoms with Gasteiger partial charge in [0.15, 0.2) is 23.0 Å². The second-order valence-corrected chi connectivity index (χ2v) is 7.12. The van der Waals surface area contributed by atoms with Crippen molar-refractivity contribution in [2.75, 3.05) is 42.7 Å². The lowest BCUT2D eigenvalue weighted by molar-refractivity contribution is 0.315. The first kappa shape index (κ1) is 22.4. The normalized spacial score (nSPS) is 17.8. The zero-order valence-electron chi connectivity index (χ0n) is 18.7. The van der Waals surface area contributed by atoms with E-state index in [1.165, 1.54) is 0 Å². The maximum atomic E-state index is 9.95. The van der Waals surface area contributed by atoms with Gasteiger partial charge in [-0.05, 0) is 48.2 Å². The maximum Gasteiger partial charge on any atom is 0.203 e. The van der Waals surface area contributed by atoms with Gasteiger partial charge in [-0.15, -0.1) is 0 Å². The highest BCUT2D eigenvalue weighted by Crippen LogP contribution is 2.48. The summed E-state index contributed by atoms with van der Waals surface area (Å²) < 4.78 is 32.8. The molecule has 31 heavy (non-hydrogen) atoms. The Kier molecular flexibility index (Phi) is 6.99. The van der Waals surface area contributed by atoms with Crippen LogP contribution in [0, 0.1) is 0 Å².